The Bertz CT molecular complexity index is 807. The number of carbonyl (C=O) groups excluding carboxylic acids is 3. The number of esters is 1. The number of benzene rings is 1. The van der Waals surface area contributed by atoms with E-state index in [4.69, 9.17) is 4.74 Å². The van der Waals surface area contributed by atoms with Gasteiger partial charge in [0.1, 0.15) is 0 Å². The molecule has 0 spiro atoms. The van der Waals surface area contributed by atoms with Crippen LogP contribution >= 0.6 is 15.9 Å². The third-order valence-electron chi connectivity index (χ3n) is 6.57. The molecule has 4 bridgehead atoms. The van der Waals surface area contributed by atoms with Crippen molar-refractivity contribution in [2.24, 2.45) is 17.3 Å². The Hall–Kier alpha value is -1.69. The van der Waals surface area contributed by atoms with Crippen LogP contribution in [0.3, 0.4) is 0 Å². The quantitative estimate of drug-likeness (QED) is 0.395. The van der Waals surface area contributed by atoms with E-state index in [9.17, 15) is 14.4 Å². The van der Waals surface area contributed by atoms with Gasteiger partial charge in [-0.05, 0) is 74.8 Å². The van der Waals surface area contributed by atoms with Crippen molar-refractivity contribution in [3.63, 3.8) is 0 Å². The molecule has 0 aromatic heterocycles. The monoisotopic (exact) mass is 447 g/mol. The van der Waals surface area contributed by atoms with E-state index in [0.29, 0.717) is 29.5 Å². The molecule has 0 saturated heterocycles. The van der Waals surface area contributed by atoms with E-state index in [1.54, 1.807) is 24.3 Å². The second-order valence-corrected chi connectivity index (χ2v) is 10.8. The highest BCUT2D eigenvalue weighted by molar-refractivity contribution is 9.10. The first-order chi connectivity index (χ1) is 13.3. The lowest BCUT2D eigenvalue weighted by Gasteiger charge is -2.60. The van der Waals surface area contributed by atoms with Gasteiger partial charge in [0.15, 0.2) is 12.4 Å². The second-order valence-electron chi connectivity index (χ2n) is 9.10. The Morgan fingerprint density at radius 1 is 1.14 bits per heavy atom. The van der Waals surface area contributed by atoms with Crippen molar-refractivity contribution in [1.82, 2.24) is 0 Å². The fraction of sp³-hybridized carbons (Fsp3) is 0.591. The minimum atomic E-state index is -0.426. The first-order valence-electron chi connectivity index (χ1n) is 10.0. The molecule has 150 valence electrons. The number of alkyl halides is 1. The normalized spacial score (nSPS) is 32.8. The highest BCUT2D eigenvalue weighted by Gasteiger charge is 2.57. The van der Waals surface area contributed by atoms with Crippen molar-refractivity contribution in [3.8, 4) is 0 Å². The van der Waals surface area contributed by atoms with Crippen LogP contribution in [0.2, 0.25) is 0 Å². The number of hydrogen-bond acceptors (Lipinski definition) is 4. The minimum Gasteiger partial charge on any atom is -0.456 e. The summed E-state index contributed by atoms with van der Waals surface area (Å²) in [5.74, 6) is 0.565. The fourth-order valence-corrected chi connectivity index (χ4v) is 7.64. The zero-order valence-electron chi connectivity index (χ0n) is 16.1. The molecule has 0 unspecified atom stereocenters. The summed E-state index contributed by atoms with van der Waals surface area (Å²) >= 11 is 3.96. The molecule has 0 radical (unpaired) electrons. The molecule has 0 aliphatic heterocycles. The molecule has 4 aliphatic carbocycles. The number of Topliss-reactive ketones (excluding diaryl/α,β-unsaturated/α-hetero) is 1. The molecule has 28 heavy (non-hydrogen) atoms. The molecule has 0 heterocycles. The Labute approximate surface area is 173 Å². The average Bonchev–Trinajstić information content (AvgIpc) is 2.57. The van der Waals surface area contributed by atoms with Crippen LogP contribution in [0.4, 0.5) is 5.69 Å². The van der Waals surface area contributed by atoms with Crippen molar-refractivity contribution < 1.29 is 19.1 Å². The summed E-state index contributed by atoms with van der Waals surface area (Å²) in [7, 11) is 0. The summed E-state index contributed by atoms with van der Waals surface area (Å²) in [4.78, 5) is 36.3. The van der Waals surface area contributed by atoms with Gasteiger partial charge in [-0.25, -0.2) is 0 Å². The molecule has 4 fully saturated rings. The summed E-state index contributed by atoms with van der Waals surface area (Å²) in [5.41, 5.74) is 0.916. The molecule has 4 aliphatic rings. The number of ether oxygens (including phenoxy) is 1. The number of hydrogen-bond donors (Lipinski definition) is 1. The smallest absolute Gasteiger partial charge is 0.306 e. The number of amides is 1. The number of para-hydroxylation sites is 1. The number of ketones is 1. The third kappa shape index (κ3) is 4.02. The van der Waals surface area contributed by atoms with Gasteiger partial charge >= 0.3 is 5.97 Å². The first kappa shape index (κ1) is 19.6. The van der Waals surface area contributed by atoms with Gasteiger partial charge in [0.05, 0.1) is 12.1 Å². The van der Waals surface area contributed by atoms with E-state index < -0.39 is 5.91 Å². The van der Waals surface area contributed by atoms with Crippen molar-refractivity contribution >= 4 is 39.3 Å². The van der Waals surface area contributed by atoms with E-state index >= 15 is 0 Å². The van der Waals surface area contributed by atoms with Crippen LogP contribution < -0.4 is 5.32 Å². The van der Waals surface area contributed by atoms with E-state index in [0.717, 1.165) is 19.3 Å². The number of rotatable bonds is 6. The van der Waals surface area contributed by atoms with Crippen LogP contribution in [0.15, 0.2) is 24.3 Å². The Morgan fingerprint density at radius 3 is 2.46 bits per heavy atom. The summed E-state index contributed by atoms with van der Waals surface area (Å²) in [5, 5.41) is 2.67. The molecule has 1 aromatic rings. The Morgan fingerprint density at radius 2 is 1.82 bits per heavy atom. The zero-order chi connectivity index (χ0) is 19.9. The van der Waals surface area contributed by atoms with Crippen LogP contribution in [-0.2, 0) is 14.3 Å². The van der Waals surface area contributed by atoms with Crippen LogP contribution in [0.1, 0.15) is 62.2 Å². The van der Waals surface area contributed by atoms with Gasteiger partial charge < -0.3 is 10.1 Å². The number of carbonyl (C=O) groups is 3. The molecule has 1 amide bonds. The fourth-order valence-electron chi connectivity index (χ4n) is 6.13. The van der Waals surface area contributed by atoms with Gasteiger partial charge in [-0.3, -0.25) is 14.4 Å². The van der Waals surface area contributed by atoms with Crippen molar-refractivity contribution in [3.05, 3.63) is 29.8 Å². The van der Waals surface area contributed by atoms with Crippen LogP contribution in [0, 0.1) is 17.3 Å². The maximum atomic E-state index is 12.5. The first-order valence-corrected chi connectivity index (χ1v) is 10.8. The predicted octanol–water partition coefficient (Wildman–Crippen LogP) is 4.49. The van der Waals surface area contributed by atoms with Gasteiger partial charge in [-0.1, -0.05) is 28.1 Å². The van der Waals surface area contributed by atoms with Crippen LogP contribution in [0.25, 0.3) is 0 Å². The highest BCUT2D eigenvalue weighted by Crippen LogP contribution is 2.65. The topological polar surface area (TPSA) is 72.5 Å². The second kappa shape index (κ2) is 7.29. The lowest BCUT2D eigenvalue weighted by Crippen LogP contribution is -2.53. The van der Waals surface area contributed by atoms with Crippen molar-refractivity contribution in [1.29, 1.82) is 0 Å². The maximum absolute atomic E-state index is 12.5. The number of anilines is 1. The summed E-state index contributed by atoms with van der Waals surface area (Å²) in [6, 6.07) is 6.82. The van der Waals surface area contributed by atoms with E-state index in [1.807, 2.05) is 0 Å². The Kier molecular flexibility index (Phi) is 5.10. The van der Waals surface area contributed by atoms with Gasteiger partial charge in [-0.2, -0.15) is 0 Å². The molecular formula is C22H26BrNO4. The van der Waals surface area contributed by atoms with Gasteiger partial charge in [0.25, 0.3) is 5.91 Å². The highest BCUT2D eigenvalue weighted by atomic mass is 79.9. The standard InChI is InChI=1S/C22H26BrNO4/c1-14(25)17-4-2-3-5-18(17)24-19(26)12-28-20(27)11-21-7-15-6-16(8-21)10-22(23,9-15)13-21/h2-5,15-16H,6-13H2,1H3,(H,24,26)/t15-,16-,21?,22?/m0/s1. The SMILES string of the molecule is CC(=O)c1ccccc1NC(=O)COC(=O)CC12C[C@@H]3C[C@H](CC(Br)(C3)C1)C2. The molecule has 4 saturated carbocycles. The molecule has 5 rings (SSSR count). The molecule has 5 nitrogen and oxygen atoms in total. The summed E-state index contributed by atoms with van der Waals surface area (Å²) in [6.07, 6.45) is 7.36. The molecule has 1 aromatic carbocycles. The molecule has 1 N–H and O–H groups in total. The lowest BCUT2D eigenvalue weighted by atomic mass is 9.49. The van der Waals surface area contributed by atoms with Gasteiger partial charge in [0, 0.05) is 9.89 Å². The van der Waals surface area contributed by atoms with Gasteiger partial charge in [-0.15, -0.1) is 0 Å². The minimum absolute atomic E-state index is 0.0301. The average molecular weight is 448 g/mol. The zero-order valence-corrected chi connectivity index (χ0v) is 17.7. The van der Waals surface area contributed by atoms with E-state index in [2.05, 4.69) is 21.2 Å². The largest absolute Gasteiger partial charge is 0.456 e. The summed E-state index contributed by atoms with van der Waals surface area (Å²) in [6.45, 7) is 1.13. The third-order valence-corrected chi connectivity index (χ3v) is 7.50. The molecule has 2 atom stereocenters. The van der Waals surface area contributed by atoms with E-state index in [1.165, 1.54) is 26.2 Å². The number of nitrogens with one attached hydrogen (secondary N) is 1. The van der Waals surface area contributed by atoms with E-state index in [-0.39, 0.29) is 28.1 Å². The predicted molar refractivity (Wildman–Crippen MR) is 109 cm³/mol. The Balaban J connectivity index is 1.32. The number of halogens is 1. The van der Waals surface area contributed by atoms with Crippen molar-refractivity contribution in [2.45, 2.75) is 56.2 Å². The molecule has 6 heteroatoms. The van der Waals surface area contributed by atoms with Gasteiger partial charge in [0.2, 0.25) is 0 Å². The van der Waals surface area contributed by atoms with Crippen LogP contribution in [-0.4, -0.2) is 28.6 Å². The van der Waals surface area contributed by atoms with Crippen LogP contribution in [0.5, 0.6) is 0 Å². The van der Waals surface area contributed by atoms with Crippen molar-refractivity contribution in [2.75, 3.05) is 11.9 Å². The summed E-state index contributed by atoms with van der Waals surface area (Å²) < 4.78 is 5.50. The lowest BCUT2D eigenvalue weighted by molar-refractivity contribution is -0.153. The molecular weight excluding hydrogens is 422 g/mol. The maximum Gasteiger partial charge on any atom is 0.306 e.